The summed E-state index contributed by atoms with van der Waals surface area (Å²) in [7, 11) is 0. The van der Waals surface area contributed by atoms with Gasteiger partial charge < -0.3 is 4.74 Å². The van der Waals surface area contributed by atoms with Crippen LogP contribution in [0.25, 0.3) is 0 Å². The van der Waals surface area contributed by atoms with Gasteiger partial charge in [-0.1, -0.05) is 0 Å². The molecule has 0 unspecified atom stereocenters. The van der Waals surface area contributed by atoms with E-state index >= 15 is 0 Å². The molecule has 0 aromatic carbocycles. The highest BCUT2D eigenvalue weighted by Gasteiger charge is 1.99. The number of hydrogen-bond donors (Lipinski definition) is 0. The van der Waals surface area contributed by atoms with Gasteiger partial charge in [-0.25, -0.2) is 4.98 Å². The fraction of sp³-hybridized carbons (Fsp3) is 0.375. The van der Waals surface area contributed by atoms with E-state index in [0.717, 1.165) is 15.4 Å². The largest absolute Gasteiger partial charge is 0.494 e. The van der Waals surface area contributed by atoms with Crippen molar-refractivity contribution in [3.05, 3.63) is 16.7 Å². The second-order valence-corrected chi connectivity index (χ2v) is 3.74. The summed E-state index contributed by atoms with van der Waals surface area (Å²) in [4.78, 5) is 4.23. The van der Waals surface area contributed by atoms with E-state index in [2.05, 4.69) is 20.9 Å². The zero-order chi connectivity index (χ0) is 8.97. The highest BCUT2D eigenvalue weighted by molar-refractivity contribution is 9.10. The van der Waals surface area contributed by atoms with Gasteiger partial charge in [0.25, 0.3) is 0 Å². The topological polar surface area (TPSA) is 22.1 Å². The number of rotatable bonds is 3. The lowest BCUT2D eigenvalue weighted by molar-refractivity contribution is 0.338. The number of hydrogen-bond acceptors (Lipinski definition) is 3. The second kappa shape index (κ2) is 4.72. The molecule has 1 aromatic rings. The van der Waals surface area contributed by atoms with Gasteiger partial charge in [0, 0.05) is 12.1 Å². The van der Waals surface area contributed by atoms with E-state index in [4.69, 9.17) is 4.74 Å². The first-order chi connectivity index (χ1) is 5.76. The van der Waals surface area contributed by atoms with Gasteiger partial charge in [0.05, 0.1) is 6.61 Å². The summed E-state index contributed by atoms with van der Waals surface area (Å²) in [6, 6.07) is 3.79. The normalized spacial score (nSPS) is 9.92. The van der Waals surface area contributed by atoms with Crippen molar-refractivity contribution in [2.75, 3.05) is 12.9 Å². The molecule has 12 heavy (non-hydrogen) atoms. The minimum absolute atomic E-state index is 0.685. The van der Waals surface area contributed by atoms with Crippen molar-refractivity contribution in [2.45, 2.75) is 11.9 Å². The molecule has 0 N–H and O–H groups in total. The maximum absolute atomic E-state index is 5.35. The number of halogens is 1. The summed E-state index contributed by atoms with van der Waals surface area (Å²) < 4.78 is 6.16. The summed E-state index contributed by atoms with van der Waals surface area (Å²) in [6.45, 7) is 2.65. The third-order valence-electron chi connectivity index (χ3n) is 1.26. The van der Waals surface area contributed by atoms with E-state index < -0.39 is 0 Å². The first kappa shape index (κ1) is 9.86. The molecule has 4 heteroatoms. The molecule has 0 radical (unpaired) electrons. The molecule has 0 aliphatic carbocycles. The van der Waals surface area contributed by atoms with Gasteiger partial charge in [0.1, 0.15) is 15.4 Å². The minimum Gasteiger partial charge on any atom is -0.494 e. The summed E-state index contributed by atoms with van der Waals surface area (Å²) in [5.74, 6) is 0.865. The molecule has 1 rings (SSSR count). The third-order valence-corrected chi connectivity index (χ3v) is 2.30. The van der Waals surface area contributed by atoms with Crippen molar-refractivity contribution in [1.82, 2.24) is 4.98 Å². The Hall–Kier alpha value is -0.220. The number of ether oxygens (including phenoxy) is 1. The first-order valence-corrected chi connectivity index (χ1v) is 5.62. The molecule has 0 fully saturated rings. The number of aromatic nitrogens is 1. The molecule has 0 aliphatic rings. The monoisotopic (exact) mass is 247 g/mol. The van der Waals surface area contributed by atoms with E-state index in [1.165, 1.54) is 0 Å². The predicted octanol–water partition coefficient (Wildman–Crippen LogP) is 2.96. The van der Waals surface area contributed by atoms with Crippen molar-refractivity contribution < 1.29 is 4.74 Å². The van der Waals surface area contributed by atoms with Gasteiger partial charge in [0.15, 0.2) is 0 Å². The molecule has 0 aliphatic heterocycles. The SMILES string of the molecule is CCOc1cc(Br)nc(SC)c1. The molecule has 0 bridgehead atoms. The van der Waals surface area contributed by atoms with Gasteiger partial charge in [-0.3, -0.25) is 0 Å². The van der Waals surface area contributed by atoms with Crippen molar-refractivity contribution >= 4 is 27.7 Å². The van der Waals surface area contributed by atoms with Crippen molar-refractivity contribution in [3.63, 3.8) is 0 Å². The fourth-order valence-electron chi connectivity index (χ4n) is 0.805. The van der Waals surface area contributed by atoms with Crippen LogP contribution in [0.5, 0.6) is 5.75 Å². The van der Waals surface area contributed by atoms with E-state index in [9.17, 15) is 0 Å². The summed E-state index contributed by atoms with van der Waals surface area (Å²) in [6.07, 6.45) is 1.99. The van der Waals surface area contributed by atoms with Gasteiger partial charge >= 0.3 is 0 Å². The quantitative estimate of drug-likeness (QED) is 0.606. The minimum atomic E-state index is 0.685. The Morgan fingerprint density at radius 3 is 2.92 bits per heavy atom. The van der Waals surface area contributed by atoms with E-state index in [1.54, 1.807) is 11.8 Å². The zero-order valence-electron chi connectivity index (χ0n) is 7.00. The average Bonchev–Trinajstić information content (AvgIpc) is 2.04. The third kappa shape index (κ3) is 2.68. The Morgan fingerprint density at radius 1 is 1.58 bits per heavy atom. The Balaban J connectivity index is 2.90. The van der Waals surface area contributed by atoms with E-state index in [1.807, 2.05) is 25.3 Å². The Bertz CT molecular complexity index is 267. The number of pyridine rings is 1. The molecule has 0 spiro atoms. The first-order valence-electron chi connectivity index (χ1n) is 3.60. The van der Waals surface area contributed by atoms with E-state index in [-0.39, 0.29) is 0 Å². The molecule has 0 atom stereocenters. The van der Waals surface area contributed by atoms with Crippen molar-refractivity contribution in [2.24, 2.45) is 0 Å². The Morgan fingerprint density at radius 2 is 2.33 bits per heavy atom. The van der Waals surface area contributed by atoms with Gasteiger partial charge in [0.2, 0.25) is 0 Å². The van der Waals surface area contributed by atoms with Gasteiger partial charge in [-0.05, 0) is 29.1 Å². The maximum atomic E-state index is 5.35. The Kier molecular flexibility index (Phi) is 3.88. The lowest BCUT2D eigenvalue weighted by Gasteiger charge is -2.04. The maximum Gasteiger partial charge on any atom is 0.124 e. The smallest absolute Gasteiger partial charge is 0.124 e. The standard InChI is InChI=1S/C8H10BrNOS/c1-3-11-6-4-7(9)10-8(5-6)12-2/h4-5H,3H2,1-2H3. The van der Waals surface area contributed by atoms with E-state index in [0.29, 0.717) is 6.61 Å². The molecule has 1 aromatic heterocycles. The zero-order valence-corrected chi connectivity index (χ0v) is 9.41. The van der Waals surface area contributed by atoms with Gasteiger partial charge in [-0.15, -0.1) is 11.8 Å². The van der Waals surface area contributed by atoms with Crippen LogP contribution in [0.15, 0.2) is 21.8 Å². The molecule has 0 saturated heterocycles. The number of thioether (sulfide) groups is 1. The molecule has 0 amide bonds. The van der Waals surface area contributed by atoms with Gasteiger partial charge in [-0.2, -0.15) is 0 Å². The van der Waals surface area contributed by atoms with Crippen LogP contribution in [0.4, 0.5) is 0 Å². The van der Waals surface area contributed by atoms with Crippen LogP contribution in [0, 0.1) is 0 Å². The summed E-state index contributed by atoms with van der Waals surface area (Å²) in [5, 5.41) is 0.966. The predicted molar refractivity (Wildman–Crippen MR) is 54.9 cm³/mol. The summed E-state index contributed by atoms with van der Waals surface area (Å²) >= 11 is 4.92. The molecular formula is C8H10BrNOS. The highest BCUT2D eigenvalue weighted by Crippen LogP contribution is 2.23. The van der Waals surface area contributed by atoms with Crippen LogP contribution < -0.4 is 4.74 Å². The molecular weight excluding hydrogens is 238 g/mol. The summed E-state index contributed by atoms with van der Waals surface area (Å²) in [5.41, 5.74) is 0. The van der Waals surface area contributed by atoms with Crippen LogP contribution >= 0.6 is 27.7 Å². The average molecular weight is 248 g/mol. The highest BCUT2D eigenvalue weighted by atomic mass is 79.9. The molecule has 0 saturated carbocycles. The fourth-order valence-corrected chi connectivity index (χ4v) is 1.76. The van der Waals surface area contributed by atoms with Crippen molar-refractivity contribution in [3.8, 4) is 5.75 Å². The van der Waals surface area contributed by atoms with Crippen molar-refractivity contribution in [1.29, 1.82) is 0 Å². The Labute approximate surface area is 84.9 Å². The van der Waals surface area contributed by atoms with Crippen LogP contribution in [0.1, 0.15) is 6.92 Å². The lowest BCUT2D eigenvalue weighted by atomic mass is 10.4. The molecule has 66 valence electrons. The lowest BCUT2D eigenvalue weighted by Crippen LogP contribution is -1.92. The van der Waals surface area contributed by atoms with Crippen LogP contribution in [0.3, 0.4) is 0 Å². The molecule has 2 nitrogen and oxygen atoms in total. The molecule has 1 heterocycles. The number of nitrogens with zero attached hydrogens (tertiary/aromatic N) is 1. The van der Waals surface area contributed by atoms with Crippen LogP contribution in [0.2, 0.25) is 0 Å². The van der Waals surface area contributed by atoms with Crippen LogP contribution in [-0.4, -0.2) is 17.8 Å². The second-order valence-electron chi connectivity index (χ2n) is 2.10. The van der Waals surface area contributed by atoms with Crippen LogP contribution in [-0.2, 0) is 0 Å².